The Hall–Kier alpha value is -4.97. The topological polar surface area (TPSA) is 142 Å². The first kappa shape index (κ1) is 30.1. The Morgan fingerprint density at radius 3 is 2.49 bits per heavy atom. The van der Waals surface area contributed by atoms with Crippen LogP contribution < -0.4 is 10.9 Å². The molecular weight excluding hydrogens is 590 g/mol. The lowest BCUT2D eigenvalue weighted by Gasteiger charge is -2.23. The van der Waals surface area contributed by atoms with Crippen LogP contribution in [0.4, 0.5) is 5.69 Å². The van der Waals surface area contributed by atoms with Crippen LogP contribution >= 0.6 is 0 Å². The van der Waals surface area contributed by atoms with Gasteiger partial charge in [-0.1, -0.05) is 30.2 Å². The van der Waals surface area contributed by atoms with Gasteiger partial charge in [-0.25, -0.2) is 18.1 Å². The minimum absolute atomic E-state index is 0.137. The molecule has 6 rings (SSSR count). The van der Waals surface area contributed by atoms with Crippen molar-refractivity contribution >= 4 is 21.4 Å². The first-order valence-corrected chi connectivity index (χ1v) is 16.6. The number of carbonyl (C=O) groups excluding carboxylic acids is 1. The van der Waals surface area contributed by atoms with Gasteiger partial charge in [-0.2, -0.15) is 0 Å². The fourth-order valence-electron chi connectivity index (χ4n) is 5.65. The van der Waals surface area contributed by atoms with Crippen LogP contribution in [0.15, 0.2) is 83.0 Å². The van der Waals surface area contributed by atoms with Gasteiger partial charge in [0.25, 0.3) is 5.56 Å². The van der Waals surface area contributed by atoms with Gasteiger partial charge in [-0.05, 0) is 74.7 Å². The number of hydrogen-bond donors (Lipinski definition) is 1. The number of aryl methyl sites for hydroxylation is 2. The van der Waals surface area contributed by atoms with Crippen LogP contribution in [0, 0.1) is 19.8 Å². The van der Waals surface area contributed by atoms with Crippen LogP contribution in [0.1, 0.15) is 49.2 Å². The maximum absolute atomic E-state index is 13.8. The number of pyridine rings is 1. The normalized spacial score (nSPS) is 17.1. The Morgan fingerprint density at radius 2 is 1.76 bits per heavy atom. The third-order valence-corrected chi connectivity index (χ3v) is 9.24. The van der Waals surface area contributed by atoms with Crippen molar-refractivity contribution in [2.75, 3.05) is 11.6 Å². The molecule has 2 aromatic carbocycles. The number of sulfone groups is 1. The van der Waals surface area contributed by atoms with E-state index in [-0.39, 0.29) is 22.3 Å². The molecule has 0 radical (unpaired) electrons. The Labute approximate surface area is 260 Å². The zero-order valence-electron chi connectivity index (χ0n) is 25.4. The van der Waals surface area contributed by atoms with Crippen molar-refractivity contribution < 1.29 is 13.2 Å². The largest absolute Gasteiger partial charge is 0.325 e. The molecule has 0 aliphatic carbocycles. The summed E-state index contributed by atoms with van der Waals surface area (Å²) in [6.07, 6.45) is 7.94. The predicted molar refractivity (Wildman–Crippen MR) is 171 cm³/mol. The molecule has 2 atom stereocenters. The van der Waals surface area contributed by atoms with E-state index in [0.717, 1.165) is 28.8 Å². The van der Waals surface area contributed by atoms with Crippen molar-refractivity contribution in [1.29, 1.82) is 0 Å². The number of nitrogens with one attached hydrogen (secondary N) is 1. The van der Waals surface area contributed by atoms with E-state index in [1.54, 1.807) is 40.0 Å². The summed E-state index contributed by atoms with van der Waals surface area (Å²) in [5, 5.41) is 11.3. The first-order chi connectivity index (χ1) is 21.5. The number of aromatic nitrogens is 6. The minimum Gasteiger partial charge on any atom is -0.325 e. The Morgan fingerprint density at radius 1 is 0.933 bits per heavy atom. The van der Waals surface area contributed by atoms with Gasteiger partial charge in [-0.15, -0.1) is 5.10 Å². The maximum atomic E-state index is 13.8. The van der Waals surface area contributed by atoms with Crippen LogP contribution in [-0.4, -0.2) is 50.1 Å². The van der Waals surface area contributed by atoms with Gasteiger partial charge in [0.1, 0.15) is 0 Å². The van der Waals surface area contributed by atoms with E-state index < -0.39 is 15.9 Å². The number of anilines is 1. The second kappa shape index (κ2) is 11.8. The lowest BCUT2D eigenvalue weighted by Crippen LogP contribution is -2.27. The molecule has 11 nitrogen and oxygen atoms in total. The lowest BCUT2D eigenvalue weighted by atomic mass is 9.95. The van der Waals surface area contributed by atoms with Gasteiger partial charge in [0.2, 0.25) is 5.91 Å². The second-order valence-corrected chi connectivity index (χ2v) is 13.6. The zero-order valence-corrected chi connectivity index (χ0v) is 26.2. The summed E-state index contributed by atoms with van der Waals surface area (Å²) in [6, 6.07) is 15.2. The average molecular weight is 624 g/mol. The van der Waals surface area contributed by atoms with Crippen molar-refractivity contribution in [2.45, 2.75) is 51.0 Å². The lowest BCUT2D eigenvalue weighted by molar-refractivity contribution is -0.119. The summed E-state index contributed by atoms with van der Waals surface area (Å²) in [5.74, 6) is -0.467. The third-order valence-electron chi connectivity index (χ3n) is 8.13. The number of carbonyl (C=O) groups is 1. The van der Waals surface area contributed by atoms with E-state index in [0.29, 0.717) is 47.5 Å². The zero-order chi connectivity index (χ0) is 31.9. The summed E-state index contributed by atoms with van der Waals surface area (Å²) >= 11 is 0. The van der Waals surface area contributed by atoms with Gasteiger partial charge in [0, 0.05) is 41.3 Å². The molecule has 1 aliphatic rings. The van der Waals surface area contributed by atoms with Crippen LogP contribution in [0.2, 0.25) is 0 Å². The molecule has 4 heterocycles. The molecule has 0 saturated carbocycles. The number of amides is 1. The van der Waals surface area contributed by atoms with Crippen LogP contribution in [0.3, 0.4) is 0 Å². The van der Waals surface area contributed by atoms with Crippen LogP contribution in [0.25, 0.3) is 28.1 Å². The molecule has 1 amide bonds. The van der Waals surface area contributed by atoms with Gasteiger partial charge in [0.05, 0.1) is 46.2 Å². The highest BCUT2D eigenvalue weighted by Crippen LogP contribution is 2.34. The van der Waals surface area contributed by atoms with Crippen molar-refractivity contribution in [3.05, 3.63) is 101 Å². The number of benzene rings is 2. The molecule has 3 aromatic heterocycles. The second-order valence-electron chi connectivity index (χ2n) is 11.6. The highest BCUT2D eigenvalue weighted by molar-refractivity contribution is 7.90. The molecule has 1 N–H and O–H groups in total. The average Bonchev–Trinajstić information content (AvgIpc) is 3.44. The van der Waals surface area contributed by atoms with Gasteiger partial charge in [0.15, 0.2) is 9.84 Å². The van der Waals surface area contributed by atoms with E-state index in [4.69, 9.17) is 4.98 Å². The first-order valence-electron chi connectivity index (χ1n) is 14.7. The van der Waals surface area contributed by atoms with Gasteiger partial charge < -0.3 is 5.32 Å². The molecule has 0 fully saturated rings. The molecule has 0 unspecified atom stereocenters. The smallest absolute Gasteiger partial charge is 0.254 e. The molecule has 5 aromatic rings. The standard InChI is InChI=1S/C33H33N7O4S/c1-20-8-11-30(40-18-22(3)37-38-40)26(14-20)28-17-32(41)39(19-35-28)31-7-5-6-21(2)33(42)36-27-10-9-24(45(4,43)44)16-25(27)23-12-13-34-29(31)15-23/h8-19,21,31H,5-7H2,1-4H3,(H,36,42)/t21-,31+/m1/s1. The van der Waals surface area contributed by atoms with Crippen LogP contribution in [0.5, 0.6) is 0 Å². The van der Waals surface area contributed by atoms with E-state index >= 15 is 0 Å². The van der Waals surface area contributed by atoms with E-state index in [2.05, 4.69) is 20.6 Å². The van der Waals surface area contributed by atoms with Gasteiger partial charge in [-0.3, -0.25) is 19.1 Å². The Kier molecular flexibility index (Phi) is 7.92. The number of rotatable bonds is 4. The van der Waals surface area contributed by atoms with Gasteiger partial charge >= 0.3 is 0 Å². The molecule has 12 heteroatoms. The third kappa shape index (κ3) is 6.18. The fraction of sp³-hybridized carbons (Fsp3) is 0.273. The van der Waals surface area contributed by atoms with Crippen molar-refractivity contribution in [3.8, 4) is 28.1 Å². The maximum Gasteiger partial charge on any atom is 0.254 e. The highest BCUT2D eigenvalue weighted by Gasteiger charge is 2.24. The summed E-state index contributed by atoms with van der Waals surface area (Å²) in [7, 11) is -3.50. The number of fused-ring (bicyclic) bond motifs is 4. The minimum atomic E-state index is -3.50. The molecule has 0 spiro atoms. The number of nitrogens with zero attached hydrogens (tertiary/aromatic N) is 6. The summed E-state index contributed by atoms with van der Waals surface area (Å²) in [6.45, 7) is 5.69. The predicted octanol–water partition coefficient (Wildman–Crippen LogP) is 4.92. The van der Waals surface area contributed by atoms with E-state index in [1.165, 1.54) is 12.1 Å². The number of hydrogen-bond acceptors (Lipinski definition) is 8. The summed E-state index contributed by atoms with van der Waals surface area (Å²) < 4.78 is 28.1. The molecule has 230 valence electrons. The summed E-state index contributed by atoms with van der Waals surface area (Å²) in [5.41, 5.74) is 5.90. The Bertz CT molecular complexity index is 2100. The van der Waals surface area contributed by atoms with Crippen molar-refractivity contribution in [1.82, 2.24) is 29.5 Å². The summed E-state index contributed by atoms with van der Waals surface area (Å²) in [4.78, 5) is 36.5. The van der Waals surface area contributed by atoms with Crippen molar-refractivity contribution in [3.63, 3.8) is 0 Å². The Balaban J connectivity index is 1.46. The van der Waals surface area contributed by atoms with Crippen LogP contribution in [-0.2, 0) is 14.6 Å². The molecule has 0 saturated heterocycles. The molecular formula is C33H33N7O4S. The quantitative estimate of drug-likeness (QED) is 0.297. The molecule has 2 bridgehead atoms. The fourth-order valence-corrected chi connectivity index (χ4v) is 6.29. The molecule has 45 heavy (non-hydrogen) atoms. The highest BCUT2D eigenvalue weighted by atomic mass is 32.2. The SMILES string of the molecule is Cc1ccc(-n2cc(C)nn2)c(-c2cc(=O)n([C@H]3CCC[C@@H](C)C(=O)Nc4ccc(S(C)(=O)=O)cc4-c4ccnc3c4)cn2)c1. The monoisotopic (exact) mass is 623 g/mol. The molecule has 1 aliphatic heterocycles. The van der Waals surface area contributed by atoms with E-state index in [9.17, 15) is 18.0 Å². The van der Waals surface area contributed by atoms with Crippen molar-refractivity contribution in [2.24, 2.45) is 5.92 Å². The van der Waals surface area contributed by atoms with E-state index in [1.807, 2.05) is 51.2 Å².